The molecule has 0 saturated carbocycles. The molecule has 29 heavy (non-hydrogen) atoms. The first kappa shape index (κ1) is 23.3. The molecule has 0 heterocycles. The van der Waals surface area contributed by atoms with Gasteiger partial charge in [0.25, 0.3) is 0 Å². The topological polar surface area (TPSA) is 27.7 Å². The molecule has 3 heteroatoms. The molecule has 0 aliphatic rings. The van der Waals surface area contributed by atoms with E-state index in [-0.39, 0.29) is 6.29 Å². The largest absolute Gasteiger partial charge is 0.491 e. The summed E-state index contributed by atoms with van der Waals surface area (Å²) in [5, 5.41) is 0. The highest BCUT2D eigenvalue weighted by atomic mass is 16.7. The van der Waals surface area contributed by atoms with Crippen molar-refractivity contribution in [3.05, 3.63) is 59.2 Å². The maximum atomic E-state index is 6.01. The Morgan fingerprint density at radius 2 is 1.41 bits per heavy atom. The molecule has 2 unspecified atom stereocenters. The molecule has 0 spiro atoms. The summed E-state index contributed by atoms with van der Waals surface area (Å²) in [4.78, 5) is 0. The standard InChI is InChI=1S/C26H38O3/c1-8-20(6)22-9-12-24(13-10-22)29-21(7)27-15-16-28-26-14-11-23(18(2)3)17-25(26)19(4)5/h9-14,17-21H,8,15-16H2,1-7H3. The van der Waals surface area contributed by atoms with Gasteiger partial charge in [0.1, 0.15) is 18.1 Å². The van der Waals surface area contributed by atoms with Crippen LogP contribution in [0.15, 0.2) is 42.5 Å². The van der Waals surface area contributed by atoms with Gasteiger partial charge in [-0.05, 0) is 66.0 Å². The Balaban J connectivity index is 1.81. The summed E-state index contributed by atoms with van der Waals surface area (Å²) in [5.41, 5.74) is 3.94. The van der Waals surface area contributed by atoms with Gasteiger partial charge in [0, 0.05) is 0 Å². The fourth-order valence-electron chi connectivity index (χ4n) is 3.21. The Morgan fingerprint density at radius 3 is 2.00 bits per heavy atom. The van der Waals surface area contributed by atoms with Crippen LogP contribution in [0.3, 0.4) is 0 Å². The van der Waals surface area contributed by atoms with Crippen molar-refractivity contribution in [2.24, 2.45) is 0 Å². The first-order valence-electron chi connectivity index (χ1n) is 11.0. The summed E-state index contributed by atoms with van der Waals surface area (Å²) < 4.78 is 17.7. The van der Waals surface area contributed by atoms with Gasteiger partial charge in [-0.1, -0.05) is 65.8 Å². The molecule has 0 aromatic heterocycles. The number of hydrogen-bond donors (Lipinski definition) is 0. The fraction of sp³-hybridized carbons (Fsp3) is 0.538. The van der Waals surface area contributed by atoms with Crippen LogP contribution in [0.4, 0.5) is 0 Å². The summed E-state index contributed by atoms with van der Waals surface area (Å²) >= 11 is 0. The second-order valence-corrected chi connectivity index (χ2v) is 8.39. The van der Waals surface area contributed by atoms with Gasteiger partial charge in [-0.25, -0.2) is 0 Å². The van der Waals surface area contributed by atoms with Crippen molar-refractivity contribution in [2.75, 3.05) is 13.2 Å². The van der Waals surface area contributed by atoms with Gasteiger partial charge >= 0.3 is 0 Å². The lowest BCUT2D eigenvalue weighted by Gasteiger charge is -2.19. The first-order chi connectivity index (χ1) is 13.8. The minimum atomic E-state index is -0.319. The van der Waals surface area contributed by atoms with E-state index < -0.39 is 0 Å². The minimum absolute atomic E-state index is 0.319. The van der Waals surface area contributed by atoms with Crippen molar-refractivity contribution < 1.29 is 14.2 Å². The summed E-state index contributed by atoms with van der Waals surface area (Å²) in [6.45, 7) is 16.2. The van der Waals surface area contributed by atoms with E-state index in [1.807, 2.05) is 19.1 Å². The van der Waals surface area contributed by atoms with E-state index in [0.717, 1.165) is 17.9 Å². The Kier molecular flexibility index (Phi) is 9.03. The molecule has 0 aliphatic carbocycles. The van der Waals surface area contributed by atoms with Crippen LogP contribution in [0.2, 0.25) is 0 Å². The molecule has 0 radical (unpaired) electrons. The van der Waals surface area contributed by atoms with Gasteiger partial charge in [0.15, 0.2) is 6.29 Å². The maximum Gasteiger partial charge on any atom is 0.197 e. The van der Waals surface area contributed by atoms with Crippen molar-refractivity contribution in [1.82, 2.24) is 0 Å². The predicted molar refractivity (Wildman–Crippen MR) is 121 cm³/mol. The van der Waals surface area contributed by atoms with Gasteiger partial charge < -0.3 is 14.2 Å². The molecular weight excluding hydrogens is 360 g/mol. The summed E-state index contributed by atoms with van der Waals surface area (Å²) in [6, 6.07) is 14.8. The van der Waals surface area contributed by atoms with Crippen LogP contribution < -0.4 is 9.47 Å². The average Bonchev–Trinajstić information content (AvgIpc) is 2.71. The molecule has 0 fully saturated rings. The molecule has 2 aromatic rings. The molecule has 160 valence electrons. The van der Waals surface area contributed by atoms with Crippen LogP contribution in [0.25, 0.3) is 0 Å². The summed E-state index contributed by atoms with van der Waals surface area (Å²) in [6.07, 6.45) is 0.819. The predicted octanol–water partition coefficient (Wildman–Crippen LogP) is 7.27. The van der Waals surface area contributed by atoms with E-state index in [0.29, 0.717) is 31.0 Å². The Hall–Kier alpha value is -2.00. The van der Waals surface area contributed by atoms with E-state index >= 15 is 0 Å². The van der Waals surface area contributed by atoms with Crippen molar-refractivity contribution in [2.45, 2.75) is 78.9 Å². The van der Waals surface area contributed by atoms with E-state index in [4.69, 9.17) is 14.2 Å². The van der Waals surface area contributed by atoms with E-state index in [2.05, 4.69) is 71.9 Å². The normalized spacial score (nSPS) is 13.6. The van der Waals surface area contributed by atoms with Crippen LogP contribution in [0, 0.1) is 0 Å². The highest BCUT2D eigenvalue weighted by Crippen LogP contribution is 2.30. The van der Waals surface area contributed by atoms with Crippen LogP contribution in [-0.4, -0.2) is 19.5 Å². The highest BCUT2D eigenvalue weighted by Gasteiger charge is 2.11. The second-order valence-electron chi connectivity index (χ2n) is 8.39. The van der Waals surface area contributed by atoms with Gasteiger partial charge in [-0.15, -0.1) is 0 Å². The second kappa shape index (κ2) is 11.3. The molecule has 0 amide bonds. The monoisotopic (exact) mass is 398 g/mol. The van der Waals surface area contributed by atoms with Crippen molar-refractivity contribution >= 4 is 0 Å². The number of hydrogen-bond acceptors (Lipinski definition) is 3. The summed E-state index contributed by atoms with van der Waals surface area (Å²) in [7, 11) is 0. The van der Waals surface area contributed by atoms with E-state index in [1.54, 1.807) is 0 Å². The SMILES string of the molecule is CCC(C)c1ccc(OC(C)OCCOc2ccc(C(C)C)cc2C(C)C)cc1. The first-order valence-corrected chi connectivity index (χ1v) is 11.0. The molecule has 2 aromatic carbocycles. The fourth-order valence-corrected chi connectivity index (χ4v) is 3.21. The van der Waals surface area contributed by atoms with Crippen molar-refractivity contribution in [3.8, 4) is 11.5 Å². The third-order valence-corrected chi connectivity index (χ3v) is 5.38. The van der Waals surface area contributed by atoms with E-state index in [1.165, 1.54) is 16.7 Å². The van der Waals surface area contributed by atoms with Crippen molar-refractivity contribution in [1.29, 1.82) is 0 Å². The van der Waals surface area contributed by atoms with Gasteiger partial charge in [-0.3, -0.25) is 0 Å². The Bertz CT molecular complexity index is 734. The van der Waals surface area contributed by atoms with Crippen LogP contribution in [-0.2, 0) is 4.74 Å². The molecular formula is C26H38O3. The lowest BCUT2D eigenvalue weighted by Crippen LogP contribution is -2.20. The van der Waals surface area contributed by atoms with Gasteiger partial charge in [-0.2, -0.15) is 0 Å². The smallest absolute Gasteiger partial charge is 0.197 e. The van der Waals surface area contributed by atoms with Crippen molar-refractivity contribution in [3.63, 3.8) is 0 Å². The molecule has 2 rings (SSSR count). The molecule has 0 bridgehead atoms. The Labute approximate surface area is 177 Å². The molecule has 2 atom stereocenters. The summed E-state index contributed by atoms with van der Waals surface area (Å²) in [5.74, 6) is 3.28. The number of benzene rings is 2. The van der Waals surface area contributed by atoms with E-state index in [9.17, 15) is 0 Å². The van der Waals surface area contributed by atoms with Crippen LogP contribution in [0.1, 0.15) is 89.3 Å². The zero-order valence-corrected chi connectivity index (χ0v) is 19.2. The lowest BCUT2D eigenvalue weighted by molar-refractivity contribution is -0.0739. The quantitative estimate of drug-likeness (QED) is 0.294. The minimum Gasteiger partial charge on any atom is -0.491 e. The van der Waals surface area contributed by atoms with Crippen LogP contribution >= 0.6 is 0 Å². The lowest BCUT2D eigenvalue weighted by atomic mass is 9.95. The zero-order chi connectivity index (χ0) is 21.4. The molecule has 0 saturated heterocycles. The van der Waals surface area contributed by atoms with Gasteiger partial charge in [0.05, 0.1) is 6.61 Å². The zero-order valence-electron chi connectivity index (χ0n) is 19.2. The third-order valence-electron chi connectivity index (χ3n) is 5.38. The maximum absolute atomic E-state index is 6.01. The molecule has 0 aliphatic heterocycles. The third kappa shape index (κ3) is 7.08. The molecule has 3 nitrogen and oxygen atoms in total. The van der Waals surface area contributed by atoms with Crippen LogP contribution in [0.5, 0.6) is 11.5 Å². The Morgan fingerprint density at radius 1 is 0.759 bits per heavy atom. The average molecular weight is 399 g/mol. The van der Waals surface area contributed by atoms with Gasteiger partial charge in [0.2, 0.25) is 0 Å². The highest BCUT2D eigenvalue weighted by molar-refractivity contribution is 5.40. The molecule has 0 N–H and O–H groups in total. The number of rotatable bonds is 11. The number of ether oxygens (including phenoxy) is 3.